The number of nitrogens with one attached hydrogen (secondary N) is 1. The van der Waals surface area contributed by atoms with Crippen LogP contribution in [0.1, 0.15) is 12.6 Å². The lowest BCUT2D eigenvalue weighted by molar-refractivity contribution is -0.116. The maximum atomic E-state index is 12.5. The second-order valence-electron chi connectivity index (χ2n) is 5.29. The zero-order chi connectivity index (χ0) is 17.2. The SMILES string of the molecule is CC(=O)N1CCOc2ccc(S(=O)(=O)NCc3ccccn3)cc21. The molecule has 2 aromatic rings. The highest BCUT2D eigenvalue weighted by atomic mass is 32.2. The number of benzene rings is 1. The van der Waals surface area contributed by atoms with Crippen LogP contribution in [0.4, 0.5) is 5.69 Å². The molecule has 8 heteroatoms. The van der Waals surface area contributed by atoms with Crippen molar-refractivity contribution in [2.24, 2.45) is 0 Å². The fourth-order valence-electron chi connectivity index (χ4n) is 2.45. The normalized spacial score (nSPS) is 14.0. The lowest BCUT2D eigenvalue weighted by Crippen LogP contribution is -2.36. The fraction of sp³-hybridized carbons (Fsp3) is 0.250. The van der Waals surface area contributed by atoms with Crippen molar-refractivity contribution in [2.75, 3.05) is 18.1 Å². The number of carbonyl (C=O) groups excluding carboxylic acids is 1. The minimum absolute atomic E-state index is 0.0777. The van der Waals surface area contributed by atoms with Gasteiger partial charge >= 0.3 is 0 Å². The number of nitrogens with zero attached hydrogens (tertiary/aromatic N) is 2. The molecule has 3 rings (SSSR count). The lowest BCUT2D eigenvalue weighted by atomic mass is 10.2. The standard InChI is InChI=1S/C16H17N3O4S/c1-12(20)19-8-9-23-16-6-5-14(10-15(16)19)24(21,22)18-11-13-4-2-3-7-17-13/h2-7,10,18H,8-9,11H2,1H3. The molecule has 0 unspecified atom stereocenters. The molecular weight excluding hydrogens is 330 g/mol. The first-order valence-corrected chi connectivity index (χ1v) is 8.90. The number of hydrogen-bond acceptors (Lipinski definition) is 5. The van der Waals surface area contributed by atoms with E-state index < -0.39 is 10.0 Å². The molecule has 0 bridgehead atoms. The van der Waals surface area contributed by atoms with Crippen molar-refractivity contribution >= 4 is 21.6 Å². The summed E-state index contributed by atoms with van der Waals surface area (Å²) in [4.78, 5) is 17.4. The van der Waals surface area contributed by atoms with Gasteiger partial charge in [-0.05, 0) is 30.3 Å². The van der Waals surface area contributed by atoms with E-state index in [1.165, 1.54) is 24.0 Å². The van der Waals surface area contributed by atoms with Gasteiger partial charge in [0.1, 0.15) is 12.4 Å². The molecule has 126 valence electrons. The molecule has 7 nitrogen and oxygen atoms in total. The summed E-state index contributed by atoms with van der Waals surface area (Å²) < 4.78 is 33.0. The van der Waals surface area contributed by atoms with Gasteiger partial charge in [-0.1, -0.05) is 6.07 Å². The first-order valence-electron chi connectivity index (χ1n) is 7.42. The van der Waals surface area contributed by atoms with Crippen molar-refractivity contribution in [3.63, 3.8) is 0 Å². The Kier molecular flexibility index (Phi) is 4.50. The van der Waals surface area contributed by atoms with Gasteiger partial charge in [0.2, 0.25) is 15.9 Å². The van der Waals surface area contributed by atoms with E-state index >= 15 is 0 Å². The summed E-state index contributed by atoms with van der Waals surface area (Å²) >= 11 is 0. The first kappa shape index (κ1) is 16.4. The molecule has 0 saturated heterocycles. The molecule has 1 aliphatic heterocycles. The van der Waals surface area contributed by atoms with E-state index in [0.29, 0.717) is 30.3 Å². The van der Waals surface area contributed by atoms with Crippen LogP contribution in [0.3, 0.4) is 0 Å². The second-order valence-corrected chi connectivity index (χ2v) is 7.06. The molecule has 0 spiro atoms. The predicted octanol–water partition coefficient (Wildman–Crippen LogP) is 1.31. The lowest BCUT2D eigenvalue weighted by Gasteiger charge is -2.29. The Labute approximate surface area is 140 Å². The maximum absolute atomic E-state index is 12.5. The Hall–Kier alpha value is -2.45. The van der Waals surface area contributed by atoms with Gasteiger partial charge < -0.3 is 9.64 Å². The molecule has 1 amide bonds. The van der Waals surface area contributed by atoms with Gasteiger partial charge in [-0.25, -0.2) is 13.1 Å². The Morgan fingerprint density at radius 2 is 2.17 bits per heavy atom. The van der Waals surface area contributed by atoms with Gasteiger partial charge in [-0.2, -0.15) is 0 Å². The summed E-state index contributed by atoms with van der Waals surface area (Å²) in [7, 11) is -3.72. The zero-order valence-corrected chi connectivity index (χ0v) is 13.9. The molecule has 0 radical (unpaired) electrons. The number of pyridine rings is 1. The third-order valence-corrected chi connectivity index (χ3v) is 5.05. The number of amides is 1. The largest absolute Gasteiger partial charge is 0.490 e. The monoisotopic (exact) mass is 347 g/mol. The van der Waals surface area contributed by atoms with Crippen molar-refractivity contribution in [1.29, 1.82) is 0 Å². The van der Waals surface area contributed by atoms with Crippen molar-refractivity contribution in [3.8, 4) is 5.75 Å². The Bertz CT molecular complexity index is 853. The summed E-state index contributed by atoms with van der Waals surface area (Å²) in [6.45, 7) is 2.31. The van der Waals surface area contributed by atoms with E-state index in [0.717, 1.165) is 0 Å². The number of rotatable bonds is 4. The highest BCUT2D eigenvalue weighted by molar-refractivity contribution is 7.89. The van der Waals surface area contributed by atoms with Gasteiger partial charge in [-0.15, -0.1) is 0 Å². The van der Waals surface area contributed by atoms with E-state index in [2.05, 4.69) is 9.71 Å². The van der Waals surface area contributed by atoms with Crippen LogP contribution in [-0.4, -0.2) is 32.5 Å². The third-order valence-electron chi connectivity index (χ3n) is 3.65. The summed E-state index contributed by atoms with van der Waals surface area (Å²) in [5.41, 5.74) is 1.09. The summed E-state index contributed by atoms with van der Waals surface area (Å²) in [6.07, 6.45) is 1.60. The number of carbonyl (C=O) groups is 1. The minimum Gasteiger partial charge on any atom is -0.490 e. The van der Waals surface area contributed by atoms with Crippen molar-refractivity contribution in [3.05, 3.63) is 48.3 Å². The Balaban J connectivity index is 1.86. The molecule has 1 aliphatic rings. The fourth-order valence-corrected chi connectivity index (χ4v) is 3.47. The molecule has 1 aromatic carbocycles. The van der Waals surface area contributed by atoms with E-state index in [1.54, 1.807) is 30.5 Å². The molecule has 1 N–H and O–H groups in total. The molecule has 0 atom stereocenters. The van der Waals surface area contributed by atoms with Crippen molar-refractivity contribution in [1.82, 2.24) is 9.71 Å². The van der Waals surface area contributed by atoms with Crippen LogP contribution >= 0.6 is 0 Å². The van der Waals surface area contributed by atoms with Gasteiger partial charge in [0, 0.05) is 13.1 Å². The molecular formula is C16H17N3O4S. The molecule has 0 saturated carbocycles. The van der Waals surface area contributed by atoms with E-state index in [-0.39, 0.29) is 17.3 Å². The van der Waals surface area contributed by atoms with Crippen LogP contribution in [0.15, 0.2) is 47.5 Å². The molecule has 24 heavy (non-hydrogen) atoms. The molecule has 0 fully saturated rings. The smallest absolute Gasteiger partial charge is 0.241 e. The van der Waals surface area contributed by atoms with Gasteiger partial charge in [0.25, 0.3) is 0 Å². The van der Waals surface area contributed by atoms with Crippen LogP contribution in [0.2, 0.25) is 0 Å². The van der Waals surface area contributed by atoms with Gasteiger partial charge in [0.15, 0.2) is 0 Å². The average Bonchev–Trinajstić information content (AvgIpc) is 2.60. The number of fused-ring (bicyclic) bond motifs is 1. The summed E-state index contributed by atoms with van der Waals surface area (Å²) in [6, 6.07) is 9.77. The number of sulfonamides is 1. The van der Waals surface area contributed by atoms with Gasteiger partial charge in [0.05, 0.1) is 29.4 Å². The summed E-state index contributed by atoms with van der Waals surface area (Å²) in [5, 5.41) is 0. The second kappa shape index (κ2) is 6.58. The number of anilines is 1. The number of aromatic nitrogens is 1. The number of ether oxygens (including phenoxy) is 1. The zero-order valence-electron chi connectivity index (χ0n) is 13.1. The van der Waals surface area contributed by atoms with E-state index in [9.17, 15) is 13.2 Å². The van der Waals surface area contributed by atoms with Crippen molar-refractivity contribution in [2.45, 2.75) is 18.4 Å². The van der Waals surface area contributed by atoms with Crippen LogP contribution < -0.4 is 14.4 Å². The van der Waals surface area contributed by atoms with Crippen LogP contribution in [0, 0.1) is 0 Å². The Morgan fingerprint density at radius 3 is 2.88 bits per heavy atom. The molecule has 0 aliphatic carbocycles. The maximum Gasteiger partial charge on any atom is 0.241 e. The van der Waals surface area contributed by atoms with Crippen molar-refractivity contribution < 1.29 is 17.9 Å². The molecule has 1 aromatic heterocycles. The van der Waals surface area contributed by atoms with E-state index in [4.69, 9.17) is 4.74 Å². The quantitative estimate of drug-likeness (QED) is 0.901. The highest BCUT2D eigenvalue weighted by Gasteiger charge is 2.24. The predicted molar refractivity (Wildman–Crippen MR) is 88.2 cm³/mol. The topological polar surface area (TPSA) is 88.6 Å². The van der Waals surface area contributed by atoms with Crippen LogP contribution in [-0.2, 0) is 21.4 Å². The van der Waals surface area contributed by atoms with E-state index in [1.807, 2.05) is 0 Å². The third kappa shape index (κ3) is 3.39. The first-order chi connectivity index (χ1) is 11.5. The highest BCUT2D eigenvalue weighted by Crippen LogP contribution is 2.33. The van der Waals surface area contributed by atoms with Gasteiger partial charge in [-0.3, -0.25) is 9.78 Å². The summed E-state index contributed by atoms with van der Waals surface area (Å²) in [5.74, 6) is 0.343. The minimum atomic E-state index is -3.72. The Morgan fingerprint density at radius 1 is 1.33 bits per heavy atom. The van der Waals surface area contributed by atoms with Crippen LogP contribution in [0.25, 0.3) is 0 Å². The van der Waals surface area contributed by atoms with Crippen LogP contribution in [0.5, 0.6) is 5.75 Å². The average molecular weight is 347 g/mol. The number of hydrogen-bond donors (Lipinski definition) is 1. The molecule has 2 heterocycles.